The lowest BCUT2D eigenvalue weighted by molar-refractivity contribution is 0.0199. The van der Waals surface area contributed by atoms with Crippen LogP contribution in [0.5, 0.6) is 0 Å². The summed E-state index contributed by atoms with van der Waals surface area (Å²) < 4.78 is 7.29. The highest BCUT2D eigenvalue weighted by Crippen LogP contribution is 2.37. The third kappa shape index (κ3) is 6.13. The number of anilines is 1. The Labute approximate surface area is 244 Å². The highest BCUT2D eigenvalue weighted by molar-refractivity contribution is 7.99. The fraction of sp³-hybridized carbons (Fsp3) is 0.323. The SMILES string of the molecule is CN(c1ccc(-c2cc(Sc3ccccc3C#N)c3c(C#N)cnn3c2)cn1)C1CCCN(C(=O)OC(C)(C)C)C1. The van der Waals surface area contributed by atoms with E-state index < -0.39 is 5.60 Å². The predicted molar refractivity (Wildman–Crippen MR) is 158 cm³/mol. The van der Waals surface area contributed by atoms with Gasteiger partial charge in [-0.3, -0.25) is 0 Å². The van der Waals surface area contributed by atoms with Crippen molar-refractivity contribution >= 4 is 29.2 Å². The molecule has 10 heteroatoms. The van der Waals surface area contributed by atoms with Gasteiger partial charge in [-0.25, -0.2) is 14.3 Å². The van der Waals surface area contributed by atoms with Crippen molar-refractivity contribution in [3.63, 3.8) is 0 Å². The number of nitrogens with zero attached hydrogens (tertiary/aromatic N) is 7. The monoisotopic (exact) mass is 565 g/mol. The van der Waals surface area contributed by atoms with E-state index >= 15 is 0 Å². The fourth-order valence-electron chi connectivity index (χ4n) is 4.88. The van der Waals surface area contributed by atoms with E-state index in [0.29, 0.717) is 29.7 Å². The van der Waals surface area contributed by atoms with Gasteiger partial charge >= 0.3 is 6.09 Å². The first-order valence-electron chi connectivity index (χ1n) is 13.4. The van der Waals surface area contributed by atoms with Crippen LogP contribution in [0.4, 0.5) is 10.6 Å². The second-order valence-electron chi connectivity index (χ2n) is 11.0. The Kier molecular flexibility index (Phi) is 7.87. The number of pyridine rings is 2. The molecule has 5 rings (SSSR count). The van der Waals surface area contributed by atoms with Crippen LogP contribution >= 0.6 is 11.8 Å². The first kappa shape index (κ1) is 28.0. The molecule has 4 heterocycles. The Morgan fingerprint density at radius 3 is 2.56 bits per heavy atom. The van der Waals surface area contributed by atoms with Crippen molar-refractivity contribution in [1.29, 1.82) is 10.5 Å². The van der Waals surface area contributed by atoms with Crippen molar-refractivity contribution in [1.82, 2.24) is 19.5 Å². The van der Waals surface area contributed by atoms with Gasteiger partial charge in [0.1, 0.15) is 23.6 Å². The van der Waals surface area contributed by atoms with E-state index in [4.69, 9.17) is 9.72 Å². The number of nitriles is 2. The molecule has 0 spiro atoms. The average Bonchev–Trinajstić information content (AvgIpc) is 3.40. The van der Waals surface area contributed by atoms with Crippen molar-refractivity contribution in [2.24, 2.45) is 0 Å². The molecule has 1 unspecified atom stereocenters. The van der Waals surface area contributed by atoms with Crippen molar-refractivity contribution in [3.05, 3.63) is 72.2 Å². The number of piperidine rings is 1. The van der Waals surface area contributed by atoms with Gasteiger partial charge in [0.15, 0.2) is 0 Å². The molecule has 0 bridgehead atoms. The Morgan fingerprint density at radius 1 is 1.07 bits per heavy atom. The normalized spacial score (nSPS) is 15.3. The van der Waals surface area contributed by atoms with E-state index in [2.05, 4.69) is 22.1 Å². The maximum absolute atomic E-state index is 12.6. The van der Waals surface area contributed by atoms with Gasteiger partial charge in [-0.1, -0.05) is 23.9 Å². The maximum Gasteiger partial charge on any atom is 0.410 e. The molecule has 1 amide bonds. The van der Waals surface area contributed by atoms with E-state index in [9.17, 15) is 15.3 Å². The van der Waals surface area contributed by atoms with E-state index in [1.54, 1.807) is 21.7 Å². The molecule has 41 heavy (non-hydrogen) atoms. The number of fused-ring (bicyclic) bond motifs is 1. The summed E-state index contributed by atoms with van der Waals surface area (Å²) in [6.07, 6.45) is 6.85. The second-order valence-corrected chi connectivity index (χ2v) is 12.1. The molecule has 4 aromatic rings. The minimum atomic E-state index is -0.528. The highest BCUT2D eigenvalue weighted by atomic mass is 32.2. The fourth-order valence-corrected chi connectivity index (χ4v) is 5.98. The quantitative estimate of drug-likeness (QED) is 0.284. The molecule has 0 N–H and O–H groups in total. The zero-order valence-corrected chi connectivity index (χ0v) is 24.4. The number of aromatic nitrogens is 3. The third-order valence-electron chi connectivity index (χ3n) is 6.96. The topological polar surface area (TPSA) is 111 Å². The number of rotatable bonds is 5. The molecule has 0 radical (unpaired) electrons. The van der Waals surface area contributed by atoms with Crippen molar-refractivity contribution in [2.75, 3.05) is 25.0 Å². The second kappa shape index (κ2) is 11.5. The lowest BCUT2D eigenvalue weighted by Crippen LogP contribution is -2.50. The lowest BCUT2D eigenvalue weighted by Gasteiger charge is -2.38. The van der Waals surface area contributed by atoms with Gasteiger partial charge in [0, 0.05) is 59.5 Å². The Bertz CT molecular complexity index is 1660. The molecule has 0 aliphatic carbocycles. The average molecular weight is 566 g/mol. The number of carbonyl (C=O) groups is 1. The van der Waals surface area contributed by atoms with Gasteiger partial charge in [0.2, 0.25) is 0 Å². The van der Waals surface area contributed by atoms with Gasteiger partial charge in [-0.2, -0.15) is 15.6 Å². The van der Waals surface area contributed by atoms with E-state index in [1.807, 2.05) is 76.6 Å². The summed E-state index contributed by atoms with van der Waals surface area (Å²) in [5.74, 6) is 0.814. The molecule has 1 aromatic carbocycles. The predicted octanol–water partition coefficient (Wildman–Crippen LogP) is 6.13. The molecule has 1 atom stereocenters. The minimum absolute atomic E-state index is 0.127. The zero-order valence-electron chi connectivity index (χ0n) is 23.5. The minimum Gasteiger partial charge on any atom is -0.444 e. The third-order valence-corrected chi connectivity index (χ3v) is 8.07. The standard InChI is InChI=1S/C31H31N7O2S/c1-31(2,3)40-30(39)37-13-7-9-25(20-37)36(4)28-12-11-22(17-34-28)23-14-27(29-24(16-33)18-35-38(29)19-23)41-26-10-6-5-8-21(26)15-32/h5-6,8,10-12,14,17-19,25H,7,9,13,20H2,1-4H3. The summed E-state index contributed by atoms with van der Waals surface area (Å²) in [5, 5.41) is 23.7. The van der Waals surface area contributed by atoms with Gasteiger partial charge in [0.05, 0.1) is 22.8 Å². The zero-order chi connectivity index (χ0) is 29.1. The van der Waals surface area contributed by atoms with Crippen LogP contribution in [0.1, 0.15) is 44.7 Å². The van der Waals surface area contributed by atoms with Gasteiger partial charge < -0.3 is 14.5 Å². The van der Waals surface area contributed by atoms with E-state index in [1.165, 1.54) is 11.8 Å². The number of likely N-dealkylation sites (tertiary alicyclic amines) is 1. The van der Waals surface area contributed by atoms with Gasteiger partial charge in [-0.15, -0.1) is 0 Å². The number of hydrogen-bond donors (Lipinski definition) is 0. The molecule has 9 nitrogen and oxygen atoms in total. The summed E-state index contributed by atoms with van der Waals surface area (Å²) in [7, 11) is 2.01. The van der Waals surface area contributed by atoms with Crippen LogP contribution in [0.15, 0.2) is 70.8 Å². The number of benzene rings is 1. The molecular formula is C31H31N7O2S. The number of carbonyl (C=O) groups excluding carboxylic acids is 1. The van der Waals surface area contributed by atoms with Gasteiger partial charge in [0.25, 0.3) is 0 Å². The van der Waals surface area contributed by atoms with Gasteiger partial charge in [-0.05, 0) is 63.9 Å². The van der Waals surface area contributed by atoms with Crippen molar-refractivity contribution < 1.29 is 9.53 Å². The first-order valence-corrected chi connectivity index (χ1v) is 14.2. The van der Waals surface area contributed by atoms with Crippen LogP contribution in [0.25, 0.3) is 16.6 Å². The molecule has 0 saturated carbocycles. The molecular weight excluding hydrogens is 534 g/mol. The largest absolute Gasteiger partial charge is 0.444 e. The number of likely N-dealkylation sites (N-methyl/N-ethyl adjacent to an activating group) is 1. The van der Waals surface area contributed by atoms with E-state index in [-0.39, 0.29) is 12.1 Å². The highest BCUT2D eigenvalue weighted by Gasteiger charge is 2.30. The smallest absolute Gasteiger partial charge is 0.410 e. The van der Waals surface area contributed by atoms with Crippen LogP contribution in [0.3, 0.4) is 0 Å². The summed E-state index contributed by atoms with van der Waals surface area (Å²) in [6, 6.07) is 18.0. The number of hydrogen-bond acceptors (Lipinski definition) is 8. The Hall–Kier alpha value is -4.54. The Balaban J connectivity index is 1.40. The number of amides is 1. The van der Waals surface area contributed by atoms with Crippen molar-refractivity contribution in [3.8, 4) is 23.3 Å². The number of ether oxygens (including phenoxy) is 1. The summed E-state index contributed by atoms with van der Waals surface area (Å²) >= 11 is 1.44. The summed E-state index contributed by atoms with van der Waals surface area (Å²) in [5.41, 5.74) is 2.99. The molecule has 1 fully saturated rings. The van der Waals surface area contributed by atoms with Crippen LogP contribution in [0.2, 0.25) is 0 Å². The van der Waals surface area contributed by atoms with Crippen LogP contribution in [0, 0.1) is 22.7 Å². The lowest BCUT2D eigenvalue weighted by atomic mass is 10.0. The van der Waals surface area contributed by atoms with Crippen LogP contribution in [-0.2, 0) is 4.74 Å². The summed E-state index contributed by atoms with van der Waals surface area (Å²) in [6.45, 7) is 6.90. The van der Waals surface area contributed by atoms with Crippen LogP contribution in [-0.4, -0.2) is 57.4 Å². The molecule has 1 saturated heterocycles. The maximum atomic E-state index is 12.6. The molecule has 3 aromatic heterocycles. The molecule has 1 aliphatic heterocycles. The molecule has 208 valence electrons. The van der Waals surface area contributed by atoms with Crippen LogP contribution < -0.4 is 4.90 Å². The first-order chi connectivity index (χ1) is 19.7. The van der Waals surface area contributed by atoms with Crippen molar-refractivity contribution in [2.45, 2.75) is 55.0 Å². The Morgan fingerprint density at radius 2 is 1.85 bits per heavy atom. The summed E-state index contributed by atoms with van der Waals surface area (Å²) in [4.78, 5) is 22.9. The molecule has 1 aliphatic rings. The van der Waals surface area contributed by atoms with E-state index in [0.717, 1.165) is 39.6 Å².